The highest BCUT2D eigenvalue weighted by atomic mass is 32.2. The van der Waals surface area contributed by atoms with Gasteiger partial charge in [0.1, 0.15) is 5.75 Å². The smallest absolute Gasteiger partial charge is 0.288 e. The molecule has 234 valence electrons. The lowest BCUT2D eigenvalue weighted by Crippen LogP contribution is -2.39. The molecule has 5 rings (SSSR count). The summed E-state index contributed by atoms with van der Waals surface area (Å²) in [6.07, 6.45) is 6.77. The molecule has 0 bridgehead atoms. The third kappa shape index (κ3) is 7.61. The fourth-order valence-corrected chi connectivity index (χ4v) is 6.95. The van der Waals surface area contributed by atoms with Gasteiger partial charge in [-0.15, -0.1) is 0 Å². The minimum Gasteiger partial charge on any atom is -0.497 e. The van der Waals surface area contributed by atoms with E-state index in [4.69, 9.17) is 23.7 Å². The topological polar surface area (TPSA) is 124 Å². The SMILES string of the molecule is COc1ccc(S(=O)(=O)N(CCO)CCO[C@@H]2C[C@H](c3ccc4c(c3)OCO4)C=C(C(=O)N3CCCCCCC3)O2)cc1. The number of amides is 1. The van der Waals surface area contributed by atoms with Gasteiger partial charge in [0.2, 0.25) is 23.1 Å². The molecule has 1 N–H and O–H groups in total. The molecule has 0 saturated carbocycles. The lowest BCUT2D eigenvalue weighted by atomic mass is 9.92. The summed E-state index contributed by atoms with van der Waals surface area (Å²) < 4.78 is 56.2. The molecule has 11 nitrogen and oxygen atoms in total. The summed E-state index contributed by atoms with van der Waals surface area (Å²) in [4.78, 5) is 15.6. The van der Waals surface area contributed by atoms with Gasteiger partial charge in [-0.25, -0.2) is 8.42 Å². The summed E-state index contributed by atoms with van der Waals surface area (Å²) in [5, 5.41) is 9.60. The van der Waals surface area contributed by atoms with Gasteiger partial charge in [0.25, 0.3) is 5.91 Å². The summed E-state index contributed by atoms with van der Waals surface area (Å²) in [5.74, 6) is 1.74. The molecule has 1 saturated heterocycles. The molecule has 43 heavy (non-hydrogen) atoms. The van der Waals surface area contributed by atoms with Gasteiger partial charge in [-0.3, -0.25) is 4.79 Å². The molecule has 3 heterocycles. The van der Waals surface area contributed by atoms with Crippen molar-refractivity contribution in [2.24, 2.45) is 0 Å². The van der Waals surface area contributed by atoms with Crippen molar-refractivity contribution < 1.29 is 42.0 Å². The van der Waals surface area contributed by atoms with Crippen molar-refractivity contribution >= 4 is 15.9 Å². The van der Waals surface area contributed by atoms with Crippen molar-refractivity contribution in [2.45, 2.75) is 55.6 Å². The first-order valence-electron chi connectivity index (χ1n) is 14.8. The minimum absolute atomic E-state index is 0.000898. The molecule has 3 aliphatic heterocycles. The number of nitrogens with zero attached hydrogens (tertiary/aromatic N) is 2. The average Bonchev–Trinajstić information content (AvgIpc) is 3.48. The Balaban J connectivity index is 1.30. The van der Waals surface area contributed by atoms with Gasteiger partial charge in [0.05, 0.1) is 25.2 Å². The Morgan fingerprint density at radius 1 is 1.00 bits per heavy atom. The van der Waals surface area contributed by atoms with Crippen LogP contribution in [0.25, 0.3) is 0 Å². The predicted molar refractivity (Wildman–Crippen MR) is 157 cm³/mol. The highest BCUT2D eigenvalue weighted by Gasteiger charge is 2.32. The number of fused-ring (bicyclic) bond motifs is 1. The van der Waals surface area contributed by atoms with Crippen LogP contribution >= 0.6 is 0 Å². The maximum atomic E-state index is 13.6. The molecule has 3 aliphatic rings. The largest absolute Gasteiger partial charge is 0.497 e. The molecular weight excluding hydrogens is 576 g/mol. The average molecular weight is 617 g/mol. The van der Waals surface area contributed by atoms with Gasteiger partial charge in [-0.1, -0.05) is 25.3 Å². The van der Waals surface area contributed by atoms with Crippen molar-refractivity contribution in [1.29, 1.82) is 0 Å². The summed E-state index contributed by atoms with van der Waals surface area (Å²) in [5.41, 5.74) is 0.933. The van der Waals surface area contributed by atoms with E-state index in [1.165, 1.54) is 30.0 Å². The van der Waals surface area contributed by atoms with Crippen LogP contribution in [0.4, 0.5) is 0 Å². The van der Waals surface area contributed by atoms with E-state index < -0.39 is 16.3 Å². The Kier molecular flexibility index (Phi) is 10.4. The monoisotopic (exact) mass is 616 g/mol. The number of allylic oxidation sites excluding steroid dienone is 1. The Bertz CT molecular complexity index is 1370. The van der Waals surface area contributed by atoms with Gasteiger partial charge in [-0.2, -0.15) is 4.31 Å². The number of aliphatic hydroxyl groups is 1. The lowest BCUT2D eigenvalue weighted by Gasteiger charge is -2.33. The predicted octanol–water partition coefficient (Wildman–Crippen LogP) is 3.63. The molecule has 0 spiro atoms. The van der Waals surface area contributed by atoms with E-state index in [1.807, 2.05) is 29.2 Å². The van der Waals surface area contributed by atoms with Crippen LogP contribution in [0, 0.1) is 0 Å². The van der Waals surface area contributed by atoms with Crippen molar-refractivity contribution in [3.05, 3.63) is 59.9 Å². The Hall–Kier alpha value is -3.32. The first kappa shape index (κ1) is 31.1. The van der Waals surface area contributed by atoms with Gasteiger partial charge in [-0.05, 0) is 60.9 Å². The minimum atomic E-state index is -3.90. The van der Waals surface area contributed by atoms with Crippen molar-refractivity contribution in [1.82, 2.24) is 9.21 Å². The molecule has 0 unspecified atom stereocenters. The molecule has 1 fully saturated rings. The van der Waals surface area contributed by atoms with Crippen molar-refractivity contribution in [2.75, 3.05) is 53.3 Å². The summed E-state index contributed by atoms with van der Waals surface area (Å²) in [7, 11) is -2.39. The van der Waals surface area contributed by atoms with Crippen LogP contribution < -0.4 is 14.2 Å². The Morgan fingerprint density at radius 3 is 2.44 bits per heavy atom. The number of rotatable bonds is 11. The zero-order chi connectivity index (χ0) is 30.2. The fraction of sp³-hybridized carbons (Fsp3) is 0.516. The van der Waals surface area contributed by atoms with Gasteiger partial charge < -0.3 is 33.7 Å². The molecule has 2 atom stereocenters. The molecular formula is C31H40N2O9S. The standard InChI is InChI=1S/C31H40N2O9S/c1-38-25-8-10-26(11-9-25)43(36,37)33(15-17-34)16-18-39-30-21-24(23-7-12-27-28(19-23)41-22-40-27)20-29(42-30)31(35)32-13-5-3-2-4-6-14-32/h7-12,19-20,24,30,34H,2-6,13-18,21-22H2,1H3/t24-,30+/m1/s1. The highest BCUT2D eigenvalue weighted by molar-refractivity contribution is 7.89. The number of sulfonamides is 1. The summed E-state index contributed by atoms with van der Waals surface area (Å²) in [6, 6.07) is 11.8. The number of carbonyl (C=O) groups excluding carboxylic acids is 1. The second kappa shape index (κ2) is 14.4. The van der Waals surface area contributed by atoms with E-state index in [0.717, 1.165) is 31.2 Å². The number of aliphatic hydroxyl groups excluding tert-OH is 1. The van der Waals surface area contributed by atoms with Gasteiger partial charge in [0.15, 0.2) is 17.3 Å². The van der Waals surface area contributed by atoms with E-state index in [0.29, 0.717) is 36.8 Å². The first-order chi connectivity index (χ1) is 20.9. The van der Waals surface area contributed by atoms with Gasteiger partial charge >= 0.3 is 0 Å². The Morgan fingerprint density at radius 2 is 1.72 bits per heavy atom. The van der Waals surface area contributed by atoms with Crippen LogP contribution in [-0.4, -0.2) is 88.2 Å². The van der Waals surface area contributed by atoms with Crippen LogP contribution in [0.3, 0.4) is 0 Å². The molecule has 12 heteroatoms. The zero-order valence-corrected chi connectivity index (χ0v) is 25.3. The second-order valence-corrected chi connectivity index (χ2v) is 12.7. The number of benzene rings is 2. The lowest BCUT2D eigenvalue weighted by molar-refractivity contribution is -0.153. The normalized spacial score (nSPS) is 20.6. The van der Waals surface area contributed by atoms with E-state index in [9.17, 15) is 18.3 Å². The van der Waals surface area contributed by atoms with Crippen molar-refractivity contribution in [3.63, 3.8) is 0 Å². The summed E-state index contributed by atoms with van der Waals surface area (Å²) in [6.45, 7) is 1.07. The molecule has 1 amide bonds. The third-order valence-electron chi connectivity index (χ3n) is 7.93. The maximum Gasteiger partial charge on any atom is 0.288 e. The van der Waals surface area contributed by atoms with Crippen LogP contribution in [0.15, 0.2) is 59.2 Å². The Labute approximate surface area is 253 Å². The summed E-state index contributed by atoms with van der Waals surface area (Å²) >= 11 is 0. The fourth-order valence-electron chi connectivity index (χ4n) is 5.54. The van der Waals surface area contributed by atoms with E-state index >= 15 is 0 Å². The maximum absolute atomic E-state index is 13.6. The van der Waals surface area contributed by atoms with Crippen molar-refractivity contribution in [3.8, 4) is 17.2 Å². The number of methoxy groups -OCH3 is 1. The molecule has 0 aliphatic carbocycles. The number of hydrogen-bond donors (Lipinski definition) is 1. The van der Waals surface area contributed by atoms with Crippen LogP contribution in [0.2, 0.25) is 0 Å². The van der Waals surface area contributed by atoms with E-state index in [2.05, 4.69) is 0 Å². The molecule has 0 radical (unpaired) electrons. The number of carbonyl (C=O) groups is 1. The molecule has 2 aromatic rings. The van der Waals surface area contributed by atoms with Gasteiger partial charge in [0, 0.05) is 38.5 Å². The van der Waals surface area contributed by atoms with Crippen LogP contribution in [-0.2, 0) is 24.3 Å². The first-order valence-corrected chi connectivity index (χ1v) is 16.3. The van der Waals surface area contributed by atoms with E-state index in [-0.39, 0.29) is 55.6 Å². The number of ether oxygens (including phenoxy) is 5. The number of likely N-dealkylation sites (tertiary alicyclic amines) is 1. The second-order valence-electron chi connectivity index (χ2n) is 10.8. The molecule has 2 aromatic carbocycles. The quantitative estimate of drug-likeness (QED) is 0.403. The molecule has 0 aromatic heterocycles. The highest BCUT2D eigenvalue weighted by Crippen LogP contribution is 2.38. The third-order valence-corrected chi connectivity index (χ3v) is 9.84. The van der Waals surface area contributed by atoms with E-state index in [1.54, 1.807) is 12.1 Å². The van der Waals surface area contributed by atoms with Crippen LogP contribution in [0.1, 0.15) is 50.0 Å². The zero-order valence-electron chi connectivity index (χ0n) is 24.5. The number of hydrogen-bond acceptors (Lipinski definition) is 9. The van der Waals surface area contributed by atoms with Crippen LogP contribution in [0.5, 0.6) is 17.2 Å².